The lowest BCUT2D eigenvalue weighted by Crippen LogP contribution is -2.08. The first-order valence-corrected chi connectivity index (χ1v) is 6.36. The summed E-state index contributed by atoms with van der Waals surface area (Å²) in [5.41, 5.74) is 0.520. The normalized spacial score (nSPS) is 10.4. The first-order valence-electron chi connectivity index (χ1n) is 5.98. The molecule has 6 heteroatoms. The molecule has 2 aromatic rings. The molecule has 0 amide bonds. The Morgan fingerprint density at radius 2 is 2.32 bits per heavy atom. The van der Waals surface area contributed by atoms with Gasteiger partial charge in [-0.15, -0.1) is 0 Å². The fourth-order valence-corrected chi connectivity index (χ4v) is 1.89. The quantitative estimate of drug-likeness (QED) is 0.763. The van der Waals surface area contributed by atoms with Crippen LogP contribution in [0.15, 0.2) is 24.5 Å². The Balaban J connectivity index is 2.06. The number of ether oxygens (including phenoxy) is 1. The zero-order chi connectivity index (χ0) is 13.7. The molecule has 0 N–H and O–H groups in total. The summed E-state index contributed by atoms with van der Waals surface area (Å²) in [6.45, 7) is 3.16. The van der Waals surface area contributed by atoms with Gasteiger partial charge in [-0.3, -0.25) is 4.79 Å². The molecule has 100 valence electrons. The number of benzene rings is 1. The molecule has 0 unspecified atom stereocenters. The van der Waals surface area contributed by atoms with Gasteiger partial charge in [0, 0.05) is 12.1 Å². The maximum Gasteiger partial charge on any atom is 0.164 e. The molecule has 19 heavy (non-hydrogen) atoms. The number of nitrogens with zero attached hydrogens (tertiary/aromatic N) is 3. The van der Waals surface area contributed by atoms with Crippen LogP contribution in [0.2, 0.25) is 5.02 Å². The molecule has 0 radical (unpaired) electrons. The van der Waals surface area contributed by atoms with Crippen molar-refractivity contribution in [2.75, 3.05) is 0 Å². The van der Waals surface area contributed by atoms with E-state index in [1.807, 2.05) is 0 Å². The number of aryl methyl sites for hydroxylation is 1. The lowest BCUT2D eigenvalue weighted by molar-refractivity contribution is 0.112. The van der Waals surface area contributed by atoms with E-state index in [1.54, 1.807) is 22.9 Å². The van der Waals surface area contributed by atoms with Crippen LogP contribution in [0, 0.1) is 0 Å². The summed E-state index contributed by atoms with van der Waals surface area (Å²) in [4.78, 5) is 14.8. The van der Waals surface area contributed by atoms with E-state index in [0.717, 1.165) is 25.1 Å². The summed E-state index contributed by atoms with van der Waals surface area (Å²) in [6.07, 6.45) is 3.23. The fraction of sp³-hybridized carbons (Fsp3) is 0.308. The third-order valence-electron chi connectivity index (χ3n) is 2.58. The monoisotopic (exact) mass is 279 g/mol. The average molecular weight is 280 g/mol. The smallest absolute Gasteiger partial charge is 0.164 e. The van der Waals surface area contributed by atoms with Crippen LogP contribution in [0.1, 0.15) is 29.5 Å². The van der Waals surface area contributed by atoms with Gasteiger partial charge in [-0.1, -0.05) is 18.5 Å². The van der Waals surface area contributed by atoms with Gasteiger partial charge in [-0.2, -0.15) is 5.10 Å². The van der Waals surface area contributed by atoms with Crippen molar-refractivity contribution < 1.29 is 9.53 Å². The van der Waals surface area contributed by atoms with Gasteiger partial charge in [0.25, 0.3) is 0 Å². The van der Waals surface area contributed by atoms with Gasteiger partial charge < -0.3 is 4.74 Å². The van der Waals surface area contributed by atoms with E-state index >= 15 is 0 Å². The number of hydrogen-bond acceptors (Lipinski definition) is 4. The summed E-state index contributed by atoms with van der Waals surface area (Å²) < 4.78 is 7.40. The van der Waals surface area contributed by atoms with Crippen LogP contribution in [0.5, 0.6) is 5.75 Å². The minimum atomic E-state index is 0.292. The number of halogens is 1. The van der Waals surface area contributed by atoms with Crippen molar-refractivity contribution in [3.63, 3.8) is 0 Å². The van der Waals surface area contributed by atoms with Gasteiger partial charge in [0.05, 0.1) is 5.02 Å². The van der Waals surface area contributed by atoms with Gasteiger partial charge in [-0.05, 0) is 24.6 Å². The first-order chi connectivity index (χ1) is 9.24. The summed E-state index contributed by atoms with van der Waals surface area (Å²) in [6, 6.07) is 4.90. The van der Waals surface area contributed by atoms with Gasteiger partial charge in [0.15, 0.2) is 5.82 Å². The average Bonchev–Trinajstić information content (AvgIpc) is 2.85. The Labute approximate surface area is 116 Å². The molecular weight excluding hydrogens is 266 g/mol. The molecule has 0 fully saturated rings. The van der Waals surface area contributed by atoms with Crippen LogP contribution in [0.4, 0.5) is 0 Å². The highest BCUT2D eigenvalue weighted by Crippen LogP contribution is 2.25. The van der Waals surface area contributed by atoms with Crippen LogP contribution in [-0.2, 0) is 13.2 Å². The minimum absolute atomic E-state index is 0.292. The fourth-order valence-electron chi connectivity index (χ4n) is 1.65. The molecule has 1 aromatic carbocycles. The van der Waals surface area contributed by atoms with E-state index in [0.29, 0.717) is 22.9 Å². The van der Waals surface area contributed by atoms with E-state index in [4.69, 9.17) is 16.3 Å². The van der Waals surface area contributed by atoms with Crippen molar-refractivity contribution in [3.8, 4) is 5.75 Å². The second-order valence-electron chi connectivity index (χ2n) is 4.00. The van der Waals surface area contributed by atoms with E-state index in [1.165, 1.54) is 6.33 Å². The Morgan fingerprint density at radius 3 is 3.00 bits per heavy atom. The Kier molecular flexibility index (Phi) is 4.52. The molecule has 1 aromatic heterocycles. The van der Waals surface area contributed by atoms with Crippen molar-refractivity contribution in [3.05, 3.63) is 40.9 Å². The van der Waals surface area contributed by atoms with Crippen LogP contribution in [0.3, 0.4) is 0 Å². The van der Waals surface area contributed by atoms with Crippen molar-refractivity contribution >= 4 is 17.9 Å². The molecule has 0 saturated carbocycles. The molecule has 0 saturated heterocycles. The molecule has 2 rings (SSSR count). The lowest BCUT2D eigenvalue weighted by Gasteiger charge is -2.08. The van der Waals surface area contributed by atoms with Crippen molar-refractivity contribution in [2.24, 2.45) is 0 Å². The summed E-state index contributed by atoms with van der Waals surface area (Å²) in [5, 5.41) is 4.52. The number of aromatic nitrogens is 3. The highest BCUT2D eigenvalue weighted by Gasteiger charge is 2.07. The van der Waals surface area contributed by atoms with Gasteiger partial charge in [-0.25, -0.2) is 9.67 Å². The number of carbonyl (C=O) groups excluding carboxylic acids is 1. The Hall–Kier alpha value is -1.88. The summed E-state index contributed by atoms with van der Waals surface area (Å²) in [7, 11) is 0. The van der Waals surface area contributed by atoms with E-state index < -0.39 is 0 Å². The molecule has 0 aliphatic carbocycles. The molecular formula is C13H14ClN3O2. The lowest BCUT2D eigenvalue weighted by atomic mass is 10.2. The largest absolute Gasteiger partial charge is 0.484 e. The van der Waals surface area contributed by atoms with Gasteiger partial charge in [0.2, 0.25) is 0 Å². The molecule has 0 spiro atoms. The van der Waals surface area contributed by atoms with Gasteiger partial charge >= 0.3 is 0 Å². The third-order valence-corrected chi connectivity index (χ3v) is 2.88. The number of rotatable bonds is 6. The van der Waals surface area contributed by atoms with Crippen molar-refractivity contribution in [2.45, 2.75) is 26.5 Å². The van der Waals surface area contributed by atoms with Crippen LogP contribution >= 0.6 is 11.6 Å². The number of carbonyl (C=O) groups is 1. The maximum atomic E-state index is 10.6. The van der Waals surface area contributed by atoms with Crippen LogP contribution in [-0.4, -0.2) is 21.1 Å². The minimum Gasteiger partial charge on any atom is -0.484 e. The van der Waals surface area contributed by atoms with Crippen molar-refractivity contribution in [1.29, 1.82) is 0 Å². The summed E-state index contributed by atoms with van der Waals surface area (Å²) >= 11 is 6.02. The molecule has 0 aliphatic rings. The zero-order valence-electron chi connectivity index (χ0n) is 10.5. The van der Waals surface area contributed by atoms with Crippen LogP contribution < -0.4 is 4.74 Å². The predicted molar refractivity (Wildman–Crippen MR) is 71.5 cm³/mol. The zero-order valence-corrected chi connectivity index (χ0v) is 11.3. The maximum absolute atomic E-state index is 10.6. The highest BCUT2D eigenvalue weighted by molar-refractivity contribution is 6.32. The van der Waals surface area contributed by atoms with E-state index in [-0.39, 0.29) is 0 Å². The predicted octanol–water partition coefficient (Wildman–Crippen LogP) is 2.73. The van der Waals surface area contributed by atoms with E-state index in [2.05, 4.69) is 17.0 Å². The van der Waals surface area contributed by atoms with Crippen molar-refractivity contribution in [1.82, 2.24) is 14.8 Å². The SMILES string of the molecule is CCCn1ncnc1COc1ccc(C=O)cc1Cl. The topological polar surface area (TPSA) is 57.0 Å². The number of hydrogen-bond donors (Lipinski definition) is 0. The standard InChI is InChI=1S/C13H14ClN3O2/c1-2-5-17-13(15-9-16-17)8-19-12-4-3-10(7-18)6-11(12)14/h3-4,6-7,9H,2,5,8H2,1H3. The molecule has 1 heterocycles. The van der Waals surface area contributed by atoms with Crippen LogP contribution in [0.25, 0.3) is 0 Å². The Bertz CT molecular complexity index is 569. The van der Waals surface area contributed by atoms with E-state index in [9.17, 15) is 4.79 Å². The molecule has 0 atom stereocenters. The molecule has 0 bridgehead atoms. The second kappa shape index (κ2) is 6.33. The molecule has 0 aliphatic heterocycles. The van der Waals surface area contributed by atoms with Gasteiger partial charge in [0.1, 0.15) is 25.0 Å². The second-order valence-corrected chi connectivity index (χ2v) is 4.40. The number of aldehydes is 1. The summed E-state index contributed by atoms with van der Waals surface area (Å²) in [5.74, 6) is 1.27. The third kappa shape index (κ3) is 3.32. The Morgan fingerprint density at radius 1 is 1.47 bits per heavy atom. The molecule has 5 nitrogen and oxygen atoms in total. The first kappa shape index (κ1) is 13.5. The highest BCUT2D eigenvalue weighted by atomic mass is 35.5.